The van der Waals surface area contributed by atoms with Gasteiger partial charge in [0, 0.05) is 44.6 Å². The molecule has 7 heteroatoms. The molecule has 4 rings (SSSR count). The van der Waals surface area contributed by atoms with Crippen LogP contribution in [0.1, 0.15) is 26.5 Å². The minimum Gasteiger partial charge on any atom is -0.345 e. The van der Waals surface area contributed by atoms with E-state index in [4.69, 9.17) is 4.98 Å². The Morgan fingerprint density at radius 2 is 1.86 bits per heavy atom. The lowest BCUT2D eigenvalue weighted by Gasteiger charge is -2.34. The Kier molecular flexibility index (Phi) is 6.04. The van der Waals surface area contributed by atoms with Crippen molar-refractivity contribution in [2.75, 3.05) is 31.1 Å². The fourth-order valence-electron chi connectivity index (χ4n) is 3.22. The van der Waals surface area contributed by atoms with Crippen LogP contribution in [0.15, 0.2) is 47.2 Å². The lowest BCUT2D eigenvalue weighted by molar-refractivity contribution is 0.0751. The SMILES string of the molecule is Cc1ccc(CNCc2csc(N3CCN(C(=O)c4cccs4)CC3)n2)cc1. The van der Waals surface area contributed by atoms with E-state index in [2.05, 4.69) is 46.8 Å². The van der Waals surface area contributed by atoms with Gasteiger partial charge in [-0.15, -0.1) is 22.7 Å². The fourth-order valence-corrected chi connectivity index (χ4v) is 4.79. The van der Waals surface area contributed by atoms with Crippen molar-refractivity contribution in [3.8, 4) is 0 Å². The van der Waals surface area contributed by atoms with Crippen molar-refractivity contribution in [1.82, 2.24) is 15.2 Å². The predicted molar refractivity (Wildman–Crippen MR) is 116 cm³/mol. The molecule has 2 aromatic heterocycles. The molecule has 146 valence electrons. The van der Waals surface area contributed by atoms with Crippen LogP contribution in [0.2, 0.25) is 0 Å². The van der Waals surface area contributed by atoms with E-state index in [0.29, 0.717) is 0 Å². The number of carbonyl (C=O) groups is 1. The Hall–Kier alpha value is -2.22. The molecular weight excluding hydrogens is 388 g/mol. The third kappa shape index (κ3) is 4.60. The molecule has 0 saturated carbocycles. The highest BCUT2D eigenvalue weighted by molar-refractivity contribution is 7.13. The number of anilines is 1. The molecule has 1 aliphatic rings. The molecule has 0 bridgehead atoms. The molecule has 5 nitrogen and oxygen atoms in total. The van der Waals surface area contributed by atoms with Gasteiger partial charge in [0.2, 0.25) is 0 Å². The van der Waals surface area contributed by atoms with E-state index in [1.807, 2.05) is 22.4 Å². The van der Waals surface area contributed by atoms with Crippen LogP contribution in [0.5, 0.6) is 0 Å². The summed E-state index contributed by atoms with van der Waals surface area (Å²) in [5.41, 5.74) is 3.64. The molecule has 0 aliphatic carbocycles. The topological polar surface area (TPSA) is 48.5 Å². The third-order valence-electron chi connectivity index (χ3n) is 4.86. The Labute approximate surface area is 173 Å². The molecule has 1 fully saturated rings. The first-order valence-corrected chi connectivity index (χ1v) is 11.2. The van der Waals surface area contributed by atoms with Crippen molar-refractivity contribution in [1.29, 1.82) is 0 Å². The Balaban J connectivity index is 1.25. The van der Waals surface area contributed by atoms with Crippen molar-refractivity contribution >= 4 is 33.7 Å². The highest BCUT2D eigenvalue weighted by Crippen LogP contribution is 2.23. The Bertz CT molecular complexity index is 897. The summed E-state index contributed by atoms with van der Waals surface area (Å²) in [7, 11) is 0. The second-order valence-electron chi connectivity index (χ2n) is 6.97. The summed E-state index contributed by atoms with van der Waals surface area (Å²) >= 11 is 3.19. The first kappa shape index (κ1) is 19.1. The molecule has 1 aromatic carbocycles. The molecule has 1 aliphatic heterocycles. The number of rotatable bonds is 6. The summed E-state index contributed by atoms with van der Waals surface area (Å²) in [5, 5.41) is 8.59. The van der Waals surface area contributed by atoms with E-state index in [1.54, 1.807) is 11.3 Å². The molecule has 1 saturated heterocycles. The van der Waals surface area contributed by atoms with E-state index in [0.717, 1.165) is 55.0 Å². The third-order valence-corrected chi connectivity index (χ3v) is 6.67. The van der Waals surface area contributed by atoms with Crippen molar-refractivity contribution < 1.29 is 4.79 Å². The van der Waals surface area contributed by atoms with Crippen LogP contribution in [0.4, 0.5) is 5.13 Å². The van der Waals surface area contributed by atoms with Gasteiger partial charge in [-0.3, -0.25) is 4.79 Å². The smallest absolute Gasteiger partial charge is 0.264 e. The van der Waals surface area contributed by atoms with Crippen molar-refractivity contribution in [3.05, 3.63) is 68.9 Å². The number of thiophene rings is 1. The van der Waals surface area contributed by atoms with Crippen LogP contribution < -0.4 is 10.2 Å². The minimum atomic E-state index is 0.148. The van der Waals surface area contributed by atoms with Gasteiger partial charge in [-0.2, -0.15) is 0 Å². The zero-order chi connectivity index (χ0) is 19.3. The lowest BCUT2D eigenvalue weighted by Crippen LogP contribution is -2.48. The van der Waals surface area contributed by atoms with Gasteiger partial charge in [0.15, 0.2) is 5.13 Å². The van der Waals surface area contributed by atoms with Crippen LogP contribution in [-0.2, 0) is 13.1 Å². The average Bonchev–Trinajstić information content (AvgIpc) is 3.41. The standard InChI is InChI=1S/C21H24N4OS2/c1-16-4-6-17(7-5-16)13-22-14-18-15-28-21(23-18)25-10-8-24(9-11-25)20(26)19-3-2-12-27-19/h2-7,12,15,22H,8-11,13-14H2,1H3. The quantitative estimate of drug-likeness (QED) is 0.670. The van der Waals surface area contributed by atoms with Gasteiger partial charge in [0.05, 0.1) is 10.6 Å². The van der Waals surface area contributed by atoms with Gasteiger partial charge in [0.1, 0.15) is 0 Å². The summed E-state index contributed by atoms with van der Waals surface area (Å²) in [5.74, 6) is 0.148. The van der Waals surface area contributed by atoms with Crippen LogP contribution in [0.3, 0.4) is 0 Å². The largest absolute Gasteiger partial charge is 0.345 e. The maximum Gasteiger partial charge on any atom is 0.264 e. The molecule has 1 N–H and O–H groups in total. The molecule has 3 heterocycles. The Morgan fingerprint density at radius 1 is 1.07 bits per heavy atom. The summed E-state index contributed by atoms with van der Waals surface area (Å²) in [6, 6.07) is 12.4. The number of piperazine rings is 1. The summed E-state index contributed by atoms with van der Waals surface area (Å²) < 4.78 is 0. The highest BCUT2D eigenvalue weighted by Gasteiger charge is 2.24. The summed E-state index contributed by atoms with van der Waals surface area (Å²) in [6.07, 6.45) is 0. The number of hydrogen-bond acceptors (Lipinski definition) is 6. The van der Waals surface area contributed by atoms with Crippen LogP contribution in [-0.4, -0.2) is 42.0 Å². The normalized spacial score (nSPS) is 14.5. The zero-order valence-corrected chi connectivity index (χ0v) is 17.6. The van der Waals surface area contributed by atoms with E-state index >= 15 is 0 Å². The molecule has 0 spiro atoms. The second kappa shape index (κ2) is 8.86. The number of amides is 1. The van der Waals surface area contributed by atoms with E-state index in [-0.39, 0.29) is 5.91 Å². The lowest BCUT2D eigenvalue weighted by atomic mass is 10.1. The van der Waals surface area contributed by atoms with E-state index < -0.39 is 0 Å². The molecule has 0 radical (unpaired) electrons. The van der Waals surface area contributed by atoms with Crippen LogP contribution in [0.25, 0.3) is 0 Å². The highest BCUT2D eigenvalue weighted by atomic mass is 32.1. The summed E-state index contributed by atoms with van der Waals surface area (Å²) in [4.78, 5) is 22.3. The van der Waals surface area contributed by atoms with Gasteiger partial charge in [-0.1, -0.05) is 35.9 Å². The molecule has 3 aromatic rings. The minimum absolute atomic E-state index is 0.148. The second-order valence-corrected chi connectivity index (χ2v) is 8.75. The van der Waals surface area contributed by atoms with E-state index in [1.165, 1.54) is 22.5 Å². The van der Waals surface area contributed by atoms with Gasteiger partial charge in [0.25, 0.3) is 5.91 Å². The number of thiazole rings is 1. The number of aromatic nitrogens is 1. The van der Waals surface area contributed by atoms with Gasteiger partial charge >= 0.3 is 0 Å². The molecule has 1 amide bonds. The van der Waals surface area contributed by atoms with Gasteiger partial charge < -0.3 is 15.1 Å². The van der Waals surface area contributed by atoms with Gasteiger partial charge in [-0.25, -0.2) is 4.98 Å². The van der Waals surface area contributed by atoms with E-state index in [9.17, 15) is 4.79 Å². The molecule has 28 heavy (non-hydrogen) atoms. The maximum atomic E-state index is 12.5. The number of hydrogen-bond donors (Lipinski definition) is 1. The van der Waals surface area contributed by atoms with Gasteiger partial charge in [-0.05, 0) is 23.9 Å². The fraction of sp³-hybridized carbons (Fsp3) is 0.333. The predicted octanol–water partition coefficient (Wildman–Crippen LogP) is 3.77. The molecule has 0 atom stereocenters. The molecule has 0 unspecified atom stereocenters. The Morgan fingerprint density at radius 3 is 2.57 bits per heavy atom. The number of nitrogens with one attached hydrogen (secondary N) is 1. The van der Waals surface area contributed by atoms with Crippen LogP contribution >= 0.6 is 22.7 Å². The number of aryl methyl sites for hydroxylation is 1. The van der Waals surface area contributed by atoms with Crippen molar-refractivity contribution in [2.45, 2.75) is 20.0 Å². The number of benzene rings is 1. The van der Waals surface area contributed by atoms with Crippen molar-refractivity contribution in [2.24, 2.45) is 0 Å². The molecular formula is C21H24N4OS2. The maximum absolute atomic E-state index is 12.5. The first-order chi connectivity index (χ1) is 13.7. The average molecular weight is 413 g/mol. The number of carbonyl (C=O) groups excluding carboxylic acids is 1. The van der Waals surface area contributed by atoms with Crippen molar-refractivity contribution in [3.63, 3.8) is 0 Å². The summed E-state index contributed by atoms with van der Waals surface area (Å²) in [6.45, 7) is 6.88. The number of nitrogens with zero attached hydrogens (tertiary/aromatic N) is 3. The van der Waals surface area contributed by atoms with Crippen LogP contribution in [0, 0.1) is 6.92 Å². The first-order valence-electron chi connectivity index (χ1n) is 9.47. The zero-order valence-electron chi connectivity index (χ0n) is 15.9. The monoisotopic (exact) mass is 412 g/mol.